The summed E-state index contributed by atoms with van der Waals surface area (Å²) < 4.78 is 1.42. The van der Waals surface area contributed by atoms with Gasteiger partial charge in [0.05, 0.1) is 5.52 Å². The van der Waals surface area contributed by atoms with E-state index in [1.807, 2.05) is 6.92 Å². The second-order valence-corrected chi connectivity index (χ2v) is 4.18. The number of benzene rings is 1. The van der Waals surface area contributed by atoms with Crippen molar-refractivity contribution in [3.05, 3.63) is 30.0 Å². The summed E-state index contributed by atoms with van der Waals surface area (Å²) in [6, 6.07) is 6.97. The Morgan fingerprint density at radius 2 is 2.11 bits per heavy atom. The van der Waals surface area contributed by atoms with Gasteiger partial charge in [0.1, 0.15) is 6.54 Å². The highest BCUT2D eigenvalue weighted by Gasteiger charge is 2.16. The molecule has 0 saturated carbocycles. The minimum Gasteiger partial charge on any atom is -0.476 e. The third-order valence-electron chi connectivity index (χ3n) is 2.73. The van der Waals surface area contributed by atoms with Gasteiger partial charge >= 0.3 is 5.97 Å². The lowest BCUT2D eigenvalue weighted by molar-refractivity contribution is -0.121. The van der Waals surface area contributed by atoms with Crippen LogP contribution < -0.4 is 5.32 Å². The number of carboxylic acids is 1. The van der Waals surface area contributed by atoms with Crippen molar-refractivity contribution in [2.75, 3.05) is 6.54 Å². The predicted molar refractivity (Wildman–Crippen MR) is 70.0 cm³/mol. The number of carbonyl (C=O) groups excluding carboxylic acids is 1. The number of carboxylic acid groups (broad SMARTS) is 1. The smallest absolute Gasteiger partial charge is 0.357 e. The fourth-order valence-electron chi connectivity index (χ4n) is 1.86. The van der Waals surface area contributed by atoms with Gasteiger partial charge in [-0.2, -0.15) is 5.10 Å². The maximum Gasteiger partial charge on any atom is 0.357 e. The Kier molecular flexibility index (Phi) is 3.79. The fraction of sp³-hybridized carbons (Fsp3) is 0.308. The first-order chi connectivity index (χ1) is 9.13. The second kappa shape index (κ2) is 5.51. The molecule has 2 N–H and O–H groups in total. The number of amides is 1. The zero-order valence-corrected chi connectivity index (χ0v) is 10.6. The largest absolute Gasteiger partial charge is 0.476 e. The summed E-state index contributed by atoms with van der Waals surface area (Å²) in [5.74, 6) is -1.27. The molecule has 0 aliphatic rings. The zero-order chi connectivity index (χ0) is 13.8. The Labute approximate surface area is 110 Å². The Morgan fingerprint density at radius 3 is 2.79 bits per heavy atom. The van der Waals surface area contributed by atoms with Crippen LogP contribution in [0, 0.1) is 0 Å². The van der Waals surface area contributed by atoms with Crippen molar-refractivity contribution >= 4 is 22.8 Å². The van der Waals surface area contributed by atoms with E-state index in [-0.39, 0.29) is 18.1 Å². The molecule has 0 spiro atoms. The molecule has 0 aliphatic heterocycles. The second-order valence-electron chi connectivity index (χ2n) is 4.18. The van der Waals surface area contributed by atoms with Crippen molar-refractivity contribution in [2.24, 2.45) is 0 Å². The fourth-order valence-corrected chi connectivity index (χ4v) is 1.86. The molecule has 0 saturated heterocycles. The summed E-state index contributed by atoms with van der Waals surface area (Å²) >= 11 is 0. The molecule has 0 bridgehead atoms. The Bertz CT molecular complexity index is 619. The lowest BCUT2D eigenvalue weighted by Gasteiger charge is -2.04. The molecule has 19 heavy (non-hydrogen) atoms. The Morgan fingerprint density at radius 1 is 1.37 bits per heavy atom. The van der Waals surface area contributed by atoms with Crippen LogP contribution in [0.1, 0.15) is 23.8 Å². The van der Waals surface area contributed by atoms with Gasteiger partial charge in [-0.3, -0.25) is 9.48 Å². The van der Waals surface area contributed by atoms with Gasteiger partial charge in [-0.1, -0.05) is 25.1 Å². The molecule has 6 nitrogen and oxygen atoms in total. The zero-order valence-electron chi connectivity index (χ0n) is 10.6. The average molecular weight is 261 g/mol. The van der Waals surface area contributed by atoms with E-state index in [1.54, 1.807) is 24.3 Å². The molecule has 1 aromatic carbocycles. The molecule has 0 atom stereocenters. The molecule has 2 aromatic rings. The molecule has 0 fully saturated rings. The summed E-state index contributed by atoms with van der Waals surface area (Å²) in [6.45, 7) is 2.59. The maximum absolute atomic E-state index is 11.7. The SMILES string of the molecule is CCCNC(=O)Cn1nc(C(=O)O)c2ccccc21. The highest BCUT2D eigenvalue weighted by molar-refractivity contribution is 6.01. The third kappa shape index (κ3) is 2.73. The van der Waals surface area contributed by atoms with Crippen molar-refractivity contribution in [3.63, 3.8) is 0 Å². The van der Waals surface area contributed by atoms with Crippen molar-refractivity contribution in [3.8, 4) is 0 Å². The van der Waals surface area contributed by atoms with E-state index in [0.29, 0.717) is 17.4 Å². The van der Waals surface area contributed by atoms with Crippen LogP contribution in [-0.4, -0.2) is 33.3 Å². The number of hydrogen-bond donors (Lipinski definition) is 2. The number of nitrogens with one attached hydrogen (secondary N) is 1. The first-order valence-corrected chi connectivity index (χ1v) is 6.09. The van der Waals surface area contributed by atoms with Crippen LogP contribution >= 0.6 is 0 Å². The van der Waals surface area contributed by atoms with E-state index in [9.17, 15) is 9.59 Å². The van der Waals surface area contributed by atoms with Crippen molar-refractivity contribution in [1.82, 2.24) is 15.1 Å². The molecule has 0 aliphatic carbocycles. The monoisotopic (exact) mass is 261 g/mol. The average Bonchev–Trinajstić information content (AvgIpc) is 2.76. The van der Waals surface area contributed by atoms with E-state index in [2.05, 4.69) is 10.4 Å². The molecule has 1 aromatic heterocycles. The van der Waals surface area contributed by atoms with Crippen LogP contribution in [-0.2, 0) is 11.3 Å². The van der Waals surface area contributed by atoms with E-state index in [0.717, 1.165) is 6.42 Å². The van der Waals surface area contributed by atoms with Crippen LogP contribution in [0.15, 0.2) is 24.3 Å². The minimum atomic E-state index is -1.09. The van der Waals surface area contributed by atoms with Crippen molar-refractivity contribution < 1.29 is 14.7 Å². The molecular formula is C13H15N3O3. The van der Waals surface area contributed by atoms with Crippen LogP contribution in [0.4, 0.5) is 0 Å². The van der Waals surface area contributed by atoms with Crippen molar-refractivity contribution in [1.29, 1.82) is 0 Å². The number of fused-ring (bicyclic) bond motifs is 1. The Balaban J connectivity index is 2.33. The highest BCUT2D eigenvalue weighted by Crippen LogP contribution is 2.18. The molecular weight excluding hydrogens is 246 g/mol. The molecule has 0 radical (unpaired) electrons. The predicted octanol–water partition coefficient (Wildman–Crippen LogP) is 1.26. The van der Waals surface area contributed by atoms with E-state index in [1.165, 1.54) is 4.68 Å². The summed E-state index contributed by atoms with van der Waals surface area (Å²) in [6.07, 6.45) is 0.853. The van der Waals surface area contributed by atoms with E-state index >= 15 is 0 Å². The summed E-state index contributed by atoms with van der Waals surface area (Å²) in [5, 5.41) is 16.4. The summed E-state index contributed by atoms with van der Waals surface area (Å²) in [7, 11) is 0. The van der Waals surface area contributed by atoms with Crippen molar-refractivity contribution in [2.45, 2.75) is 19.9 Å². The van der Waals surface area contributed by atoms with Gasteiger partial charge in [-0.05, 0) is 12.5 Å². The van der Waals surface area contributed by atoms with Gasteiger partial charge in [0.15, 0.2) is 5.69 Å². The minimum absolute atomic E-state index is 0.0216. The number of aromatic carboxylic acids is 1. The molecule has 1 heterocycles. The summed E-state index contributed by atoms with van der Waals surface area (Å²) in [4.78, 5) is 22.8. The van der Waals surface area contributed by atoms with Gasteiger partial charge in [-0.15, -0.1) is 0 Å². The number of rotatable bonds is 5. The van der Waals surface area contributed by atoms with Gasteiger partial charge in [0.2, 0.25) is 5.91 Å². The first kappa shape index (κ1) is 13.1. The van der Waals surface area contributed by atoms with Gasteiger partial charge in [0.25, 0.3) is 0 Å². The number of para-hydroxylation sites is 1. The van der Waals surface area contributed by atoms with Crippen LogP contribution in [0.5, 0.6) is 0 Å². The normalized spacial score (nSPS) is 10.6. The third-order valence-corrected chi connectivity index (χ3v) is 2.73. The topological polar surface area (TPSA) is 84.2 Å². The molecule has 100 valence electrons. The van der Waals surface area contributed by atoms with E-state index < -0.39 is 5.97 Å². The van der Waals surface area contributed by atoms with Gasteiger partial charge in [0, 0.05) is 11.9 Å². The number of aromatic nitrogens is 2. The lowest BCUT2D eigenvalue weighted by atomic mass is 10.2. The van der Waals surface area contributed by atoms with Crippen LogP contribution in [0.2, 0.25) is 0 Å². The number of carbonyl (C=O) groups is 2. The molecule has 6 heteroatoms. The molecule has 2 rings (SSSR count). The summed E-state index contributed by atoms with van der Waals surface area (Å²) in [5.41, 5.74) is 0.616. The number of nitrogens with zero attached hydrogens (tertiary/aromatic N) is 2. The van der Waals surface area contributed by atoms with Crippen LogP contribution in [0.25, 0.3) is 10.9 Å². The molecule has 0 unspecified atom stereocenters. The standard InChI is InChI=1S/C13H15N3O3/c1-2-7-14-11(17)8-16-10-6-4-3-5-9(10)12(15-16)13(18)19/h3-6H,2,7-8H2,1H3,(H,14,17)(H,18,19). The first-order valence-electron chi connectivity index (χ1n) is 6.09. The lowest BCUT2D eigenvalue weighted by Crippen LogP contribution is -2.28. The van der Waals surface area contributed by atoms with Gasteiger partial charge in [-0.25, -0.2) is 4.79 Å². The molecule has 1 amide bonds. The Hall–Kier alpha value is -2.37. The number of hydrogen-bond acceptors (Lipinski definition) is 3. The maximum atomic E-state index is 11.7. The quantitative estimate of drug-likeness (QED) is 0.848. The highest BCUT2D eigenvalue weighted by atomic mass is 16.4. The van der Waals surface area contributed by atoms with Gasteiger partial charge < -0.3 is 10.4 Å². The van der Waals surface area contributed by atoms with E-state index in [4.69, 9.17) is 5.11 Å². The van der Waals surface area contributed by atoms with Crippen LogP contribution in [0.3, 0.4) is 0 Å².